The number of carbonyl (C=O) groups excluding carboxylic acids is 1. The second kappa shape index (κ2) is 11.4. The van der Waals surface area contributed by atoms with Gasteiger partial charge >= 0.3 is 0 Å². The molecule has 0 aliphatic rings. The maximum atomic E-state index is 12.6. The Kier molecular flexibility index (Phi) is 8.02. The van der Waals surface area contributed by atoms with Crippen molar-refractivity contribution in [2.45, 2.75) is 12.1 Å². The SMILES string of the molecule is COc1cc(-c2nnc(SCC(=O)Nc3ccccc3Cl)n2-c2ccc(C)cc2)cc(OC)c1OC. The number of aryl methyl sites for hydroxylation is 1. The summed E-state index contributed by atoms with van der Waals surface area (Å²) in [5.74, 6) is 1.95. The van der Waals surface area contributed by atoms with E-state index in [0.717, 1.165) is 11.3 Å². The standard InChI is InChI=1S/C26H25ClN4O4S/c1-16-9-11-18(12-10-16)31-25(17-13-21(33-2)24(35-4)22(14-17)34-3)29-30-26(31)36-15-23(32)28-20-8-6-5-7-19(20)27/h5-14H,15H2,1-4H3,(H,28,32). The third-order valence-electron chi connectivity index (χ3n) is 5.33. The number of anilines is 1. The highest BCUT2D eigenvalue weighted by Gasteiger charge is 2.21. The molecule has 1 N–H and O–H groups in total. The molecule has 10 heteroatoms. The molecule has 0 saturated carbocycles. The maximum Gasteiger partial charge on any atom is 0.234 e. The lowest BCUT2D eigenvalue weighted by molar-refractivity contribution is -0.113. The number of rotatable bonds is 9. The van der Waals surface area contributed by atoms with Gasteiger partial charge in [0.25, 0.3) is 0 Å². The molecule has 1 amide bonds. The maximum absolute atomic E-state index is 12.6. The predicted octanol–water partition coefficient (Wildman–Crippen LogP) is 5.65. The molecule has 1 aromatic heterocycles. The molecule has 4 rings (SSSR count). The van der Waals surface area contributed by atoms with Crippen molar-refractivity contribution >= 4 is 35.0 Å². The highest BCUT2D eigenvalue weighted by molar-refractivity contribution is 7.99. The Morgan fingerprint density at radius 3 is 2.25 bits per heavy atom. The lowest BCUT2D eigenvalue weighted by Gasteiger charge is -2.15. The summed E-state index contributed by atoms with van der Waals surface area (Å²) < 4.78 is 18.4. The van der Waals surface area contributed by atoms with Gasteiger partial charge in [0.15, 0.2) is 22.5 Å². The predicted molar refractivity (Wildman–Crippen MR) is 142 cm³/mol. The highest BCUT2D eigenvalue weighted by Crippen LogP contribution is 2.41. The highest BCUT2D eigenvalue weighted by atomic mass is 35.5. The zero-order chi connectivity index (χ0) is 25.7. The van der Waals surface area contributed by atoms with Crippen molar-refractivity contribution in [2.24, 2.45) is 0 Å². The minimum absolute atomic E-state index is 0.116. The Hall–Kier alpha value is -3.69. The van der Waals surface area contributed by atoms with Gasteiger partial charge in [-0.25, -0.2) is 0 Å². The molecule has 0 fully saturated rings. The molecular formula is C26H25ClN4O4S. The van der Waals surface area contributed by atoms with Crippen LogP contribution in [0.2, 0.25) is 5.02 Å². The summed E-state index contributed by atoms with van der Waals surface area (Å²) in [5, 5.41) is 12.7. The molecule has 0 bridgehead atoms. The van der Waals surface area contributed by atoms with Gasteiger partial charge in [0, 0.05) is 11.3 Å². The number of methoxy groups -OCH3 is 3. The smallest absolute Gasteiger partial charge is 0.234 e. The van der Waals surface area contributed by atoms with Gasteiger partial charge in [-0.15, -0.1) is 10.2 Å². The van der Waals surface area contributed by atoms with Crippen molar-refractivity contribution in [1.82, 2.24) is 14.8 Å². The fourth-order valence-electron chi connectivity index (χ4n) is 3.57. The fraction of sp³-hybridized carbons (Fsp3) is 0.192. The molecule has 0 aliphatic carbocycles. The van der Waals surface area contributed by atoms with Gasteiger partial charge in [0.1, 0.15) is 0 Å². The summed E-state index contributed by atoms with van der Waals surface area (Å²) in [6.45, 7) is 2.02. The van der Waals surface area contributed by atoms with Gasteiger partial charge in [0.2, 0.25) is 11.7 Å². The number of nitrogens with zero attached hydrogens (tertiary/aromatic N) is 3. The molecule has 0 unspecified atom stereocenters. The van der Waals surface area contributed by atoms with E-state index in [1.54, 1.807) is 33.5 Å². The number of benzene rings is 3. The van der Waals surface area contributed by atoms with E-state index >= 15 is 0 Å². The first kappa shape index (κ1) is 25.4. The van der Waals surface area contributed by atoms with Gasteiger partial charge in [-0.05, 0) is 43.3 Å². The molecular weight excluding hydrogens is 500 g/mol. The number of hydrogen-bond donors (Lipinski definition) is 1. The molecule has 1 heterocycles. The molecule has 0 atom stereocenters. The van der Waals surface area contributed by atoms with Crippen molar-refractivity contribution in [3.05, 3.63) is 71.2 Å². The molecule has 36 heavy (non-hydrogen) atoms. The second-order valence-electron chi connectivity index (χ2n) is 7.71. The van der Waals surface area contributed by atoms with E-state index in [1.807, 2.05) is 60.0 Å². The van der Waals surface area contributed by atoms with Crippen LogP contribution in [-0.2, 0) is 4.79 Å². The van der Waals surface area contributed by atoms with Crippen molar-refractivity contribution < 1.29 is 19.0 Å². The van der Waals surface area contributed by atoms with Crippen LogP contribution >= 0.6 is 23.4 Å². The zero-order valence-electron chi connectivity index (χ0n) is 20.2. The zero-order valence-corrected chi connectivity index (χ0v) is 21.8. The molecule has 0 saturated heterocycles. The van der Waals surface area contributed by atoms with Crippen LogP contribution < -0.4 is 19.5 Å². The summed E-state index contributed by atoms with van der Waals surface area (Å²) >= 11 is 7.44. The summed E-state index contributed by atoms with van der Waals surface area (Å²) in [5.41, 5.74) is 3.24. The van der Waals surface area contributed by atoms with Gasteiger partial charge < -0.3 is 19.5 Å². The minimum atomic E-state index is -0.208. The summed E-state index contributed by atoms with van der Waals surface area (Å²) in [4.78, 5) is 12.6. The van der Waals surface area contributed by atoms with Gasteiger partial charge in [-0.3, -0.25) is 9.36 Å². The number of amides is 1. The number of nitrogens with one attached hydrogen (secondary N) is 1. The molecule has 8 nitrogen and oxygen atoms in total. The van der Waals surface area contributed by atoms with E-state index in [4.69, 9.17) is 25.8 Å². The van der Waals surface area contributed by atoms with Crippen LogP contribution in [-0.4, -0.2) is 47.8 Å². The lowest BCUT2D eigenvalue weighted by Crippen LogP contribution is -2.14. The molecule has 0 spiro atoms. The van der Waals surface area contributed by atoms with E-state index in [9.17, 15) is 4.79 Å². The van der Waals surface area contributed by atoms with E-state index in [-0.39, 0.29) is 11.7 Å². The summed E-state index contributed by atoms with van der Waals surface area (Å²) in [7, 11) is 4.67. The summed E-state index contributed by atoms with van der Waals surface area (Å²) in [6, 6.07) is 18.7. The minimum Gasteiger partial charge on any atom is -0.493 e. The summed E-state index contributed by atoms with van der Waals surface area (Å²) in [6.07, 6.45) is 0. The molecule has 0 aliphatic heterocycles. The largest absolute Gasteiger partial charge is 0.493 e. The van der Waals surface area contributed by atoms with Crippen molar-refractivity contribution in [1.29, 1.82) is 0 Å². The van der Waals surface area contributed by atoms with Crippen LogP contribution in [0.4, 0.5) is 5.69 Å². The van der Waals surface area contributed by atoms with Crippen LogP contribution in [0.3, 0.4) is 0 Å². The average Bonchev–Trinajstić information content (AvgIpc) is 3.32. The van der Waals surface area contributed by atoms with E-state index < -0.39 is 0 Å². The monoisotopic (exact) mass is 524 g/mol. The quantitative estimate of drug-likeness (QED) is 0.283. The number of carbonyl (C=O) groups is 1. The van der Waals surface area contributed by atoms with Gasteiger partial charge in [-0.1, -0.05) is 53.2 Å². The average molecular weight is 525 g/mol. The van der Waals surface area contributed by atoms with Crippen LogP contribution in [0.15, 0.2) is 65.8 Å². The lowest BCUT2D eigenvalue weighted by atomic mass is 10.1. The van der Waals surface area contributed by atoms with Crippen molar-refractivity contribution in [3.63, 3.8) is 0 Å². The number of ether oxygens (including phenoxy) is 3. The number of aromatic nitrogens is 3. The molecule has 186 valence electrons. The number of para-hydroxylation sites is 1. The first-order valence-corrected chi connectivity index (χ1v) is 12.3. The number of halogens is 1. The van der Waals surface area contributed by atoms with Crippen LogP contribution in [0.25, 0.3) is 17.1 Å². The van der Waals surface area contributed by atoms with Crippen molar-refractivity contribution in [3.8, 4) is 34.3 Å². The molecule has 3 aromatic carbocycles. The van der Waals surface area contributed by atoms with Gasteiger partial charge in [0.05, 0.1) is 37.8 Å². The van der Waals surface area contributed by atoms with Crippen LogP contribution in [0.5, 0.6) is 17.2 Å². The van der Waals surface area contributed by atoms with E-state index in [1.165, 1.54) is 11.8 Å². The Morgan fingerprint density at radius 1 is 0.972 bits per heavy atom. The molecule has 0 radical (unpaired) electrons. The number of thioether (sulfide) groups is 1. The van der Waals surface area contributed by atoms with Crippen molar-refractivity contribution in [2.75, 3.05) is 32.4 Å². The Balaban J connectivity index is 1.70. The van der Waals surface area contributed by atoms with E-state index in [2.05, 4.69) is 15.5 Å². The third-order valence-corrected chi connectivity index (χ3v) is 6.59. The van der Waals surface area contributed by atoms with E-state index in [0.29, 0.717) is 44.5 Å². The van der Waals surface area contributed by atoms with Crippen LogP contribution in [0.1, 0.15) is 5.56 Å². The second-order valence-corrected chi connectivity index (χ2v) is 9.06. The first-order chi connectivity index (χ1) is 17.4. The molecule has 4 aromatic rings. The fourth-order valence-corrected chi connectivity index (χ4v) is 4.50. The van der Waals surface area contributed by atoms with Gasteiger partial charge in [-0.2, -0.15) is 0 Å². The number of hydrogen-bond acceptors (Lipinski definition) is 7. The Bertz CT molecular complexity index is 1350. The Morgan fingerprint density at radius 2 is 1.64 bits per heavy atom. The Labute approximate surface area is 218 Å². The third kappa shape index (κ3) is 5.42. The normalized spacial score (nSPS) is 10.7. The topological polar surface area (TPSA) is 87.5 Å². The first-order valence-electron chi connectivity index (χ1n) is 10.9. The van der Waals surface area contributed by atoms with Crippen LogP contribution in [0, 0.1) is 6.92 Å².